The van der Waals surface area contributed by atoms with Gasteiger partial charge in [-0.05, 0) is 47.1 Å². The third-order valence-corrected chi connectivity index (χ3v) is 3.31. The maximum absolute atomic E-state index is 12.0. The first-order valence-electron chi connectivity index (χ1n) is 6.94. The Morgan fingerprint density at radius 2 is 1.78 bits per heavy atom. The van der Waals surface area contributed by atoms with Crippen molar-refractivity contribution in [3.05, 3.63) is 0 Å². The van der Waals surface area contributed by atoms with Crippen LogP contribution in [-0.4, -0.2) is 41.5 Å². The predicted octanol–water partition coefficient (Wildman–Crippen LogP) is 1.74. The molecule has 0 aromatic rings. The van der Waals surface area contributed by atoms with Crippen LogP contribution >= 0.6 is 0 Å². The van der Waals surface area contributed by atoms with E-state index < -0.39 is 0 Å². The second-order valence-electron chi connectivity index (χ2n) is 6.27. The molecule has 108 valence electrons. The minimum absolute atomic E-state index is 0.0732. The molecule has 0 aliphatic carbocycles. The zero-order valence-corrected chi connectivity index (χ0v) is 13.0. The third-order valence-electron chi connectivity index (χ3n) is 3.31. The number of nitrogens with two attached hydrogens (primary N) is 1. The van der Waals surface area contributed by atoms with Gasteiger partial charge >= 0.3 is 0 Å². The quantitative estimate of drug-likeness (QED) is 0.730. The second kappa shape index (κ2) is 7.10. The standard InChI is InChI=1S/C14H31N3O/c1-7-9-17(14(6,8-2)11-15)10-12(18)16-13(3,4)5/h7-11,15H2,1-6H3,(H,16,18). The maximum atomic E-state index is 12.0. The number of nitrogens with zero attached hydrogens (tertiary/aromatic N) is 1. The number of amides is 1. The SMILES string of the molecule is CCCN(CC(=O)NC(C)(C)C)C(C)(CC)CN. The van der Waals surface area contributed by atoms with Gasteiger partial charge in [-0.15, -0.1) is 0 Å². The average molecular weight is 257 g/mol. The molecule has 0 aromatic carbocycles. The van der Waals surface area contributed by atoms with Crippen LogP contribution in [0, 0.1) is 0 Å². The maximum Gasteiger partial charge on any atom is 0.234 e. The summed E-state index contributed by atoms with van der Waals surface area (Å²) < 4.78 is 0. The lowest BCUT2D eigenvalue weighted by Gasteiger charge is -2.40. The van der Waals surface area contributed by atoms with Gasteiger partial charge in [0.15, 0.2) is 0 Å². The van der Waals surface area contributed by atoms with E-state index in [4.69, 9.17) is 5.73 Å². The Hall–Kier alpha value is -0.610. The summed E-state index contributed by atoms with van der Waals surface area (Å²) in [6, 6.07) is 0. The summed E-state index contributed by atoms with van der Waals surface area (Å²) in [6.45, 7) is 14.3. The van der Waals surface area contributed by atoms with Gasteiger partial charge in [-0.1, -0.05) is 13.8 Å². The van der Waals surface area contributed by atoms with Gasteiger partial charge in [-0.2, -0.15) is 0 Å². The lowest BCUT2D eigenvalue weighted by atomic mass is 9.96. The molecule has 4 nitrogen and oxygen atoms in total. The molecule has 1 unspecified atom stereocenters. The summed E-state index contributed by atoms with van der Waals surface area (Å²) >= 11 is 0. The first-order valence-corrected chi connectivity index (χ1v) is 6.94. The fourth-order valence-corrected chi connectivity index (χ4v) is 1.94. The molecule has 0 saturated heterocycles. The monoisotopic (exact) mass is 257 g/mol. The molecule has 18 heavy (non-hydrogen) atoms. The topological polar surface area (TPSA) is 58.4 Å². The van der Waals surface area contributed by atoms with Crippen molar-refractivity contribution in [2.45, 2.75) is 65.5 Å². The van der Waals surface area contributed by atoms with Crippen LogP contribution in [0.15, 0.2) is 0 Å². The lowest BCUT2D eigenvalue weighted by molar-refractivity contribution is -0.125. The largest absolute Gasteiger partial charge is 0.350 e. The molecule has 1 amide bonds. The Morgan fingerprint density at radius 1 is 1.22 bits per heavy atom. The summed E-state index contributed by atoms with van der Waals surface area (Å²) in [6.07, 6.45) is 1.98. The van der Waals surface area contributed by atoms with Gasteiger partial charge < -0.3 is 11.1 Å². The number of hydrogen-bond acceptors (Lipinski definition) is 3. The van der Waals surface area contributed by atoms with Crippen molar-refractivity contribution < 1.29 is 4.79 Å². The molecular formula is C14H31N3O. The van der Waals surface area contributed by atoms with Gasteiger partial charge in [0.05, 0.1) is 6.54 Å². The number of rotatable bonds is 7. The summed E-state index contributed by atoms with van der Waals surface area (Å²) in [5.74, 6) is 0.0732. The van der Waals surface area contributed by atoms with Gasteiger partial charge in [-0.3, -0.25) is 9.69 Å². The van der Waals surface area contributed by atoms with E-state index in [0.717, 1.165) is 19.4 Å². The molecule has 0 spiro atoms. The van der Waals surface area contributed by atoms with Gasteiger partial charge in [0.25, 0.3) is 0 Å². The smallest absolute Gasteiger partial charge is 0.234 e. The third kappa shape index (κ3) is 5.83. The van der Waals surface area contributed by atoms with Gasteiger partial charge in [0.2, 0.25) is 5.91 Å². The highest BCUT2D eigenvalue weighted by molar-refractivity contribution is 5.78. The number of carbonyl (C=O) groups excluding carboxylic acids is 1. The van der Waals surface area contributed by atoms with E-state index in [2.05, 4.69) is 31.0 Å². The molecule has 0 aromatic heterocycles. The Morgan fingerprint density at radius 3 is 2.11 bits per heavy atom. The van der Waals surface area contributed by atoms with Crippen molar-refractivity contribution in [3.8, 4) is 0 Å². The number of hydrogen-bond donors (Lipinski definition) is 2. The van der Waals surface area contributed by atoms with Crippen LogP contribution in [0.2, 0.25) is 0 Å². The molecule has 4 heteroatoms. The fraction of sp³-hybridized carbons (Fsp3) is 0.929. The van der Waals surface area contributed by atoms with Crippen LogP contribution in [-0.2, 0) is 4.79 Å². The van der Waals surface area contributed by atoms with E-state index in [1.165, 1.54) is 0 Å². The van der Waals surface area contributed by atoms with Crippen LogP contribution in [0.3, 0.4) is 0 Å². The van der Waals surface area contributed by atoms with E-state index in [1.807, 2.05) is 20.8 Å². The lowest BCUT2D eigenvalue weighted by Crippen LogP contribution is -2.56. The highest BCUT2D eigenvalue weighted by Gasteiger charge is 2.30. The summed E-state index contributed by atoms with van der Waals surface area (Å²) in [7, 11) is 0. The van der Waals surface area contributed by atoms with Crippen molar-refractivity contribution >= 4 is 5.91 Å². The van der Waals surface area contributed by atoms with Crippen molar-refractivity contribution in [2.24, 2.45) is 5.73 Å². The van der Waals surface area contributed by atoms with Gasteiger partial charge in [0.1, 0.15) is 0 Å². The van der Waals surface area contributed by atoms with Crippen LogP contribution in [0.5, 0.6) is 0 Å². The van der Waals surface area contributed by atoms with Crippen LogP contribution in [0.25, 0.3) is 0 Å². The molecule has 0 radical (unpaired) electrons. The van der Waals surface area contributed by atoms with Crippen LogP contribution in [0.4, 0.5) is 0 Å². The summed E-state index contributed by atoms with van der Waals surface area (Å²) in [5.41, 5.74) is 5.61. The first-order chi connectivity index (χ1) is 8.18. The van der Waals surface area contributed by atoms with Crippen molar-refractivity contribution in [2.75, 3.05) is 19.6 Å². The first kappa shape index (κ1) is 17.4. The van der Waals surface area contributed by atoms with Crippen LogP contribution < -0.4 is 11.1 Å². The molecular weight excluding hydrogens is 226 g/mol. The molecule has 0 aliphatic rings. The fourth-order valence-electron chi connectivity index (χ4n) is 1.94. The normalized spacial score (nSPS) is 15.6. The Balaban J connectivity index is 4.67. The second-order valence-corrected chi connectivity index (χ2v) is 6.27. The van der Waals surface area contributed by atoms with E-state index >= 15 is 0 Å². The minimum atomic E-state index is -0.180. The Bertz CT molecular complexity index is 254. The van der Waals surface area contributed by atoms with Crippen molar-refractivity contribution in [1.29, 1.82) is 0 Å². The Kier molecular flexibility index (Phi) is 6.86. The summed E-state index contributed by atoms with van der Waals surface area (Å²) in [4.78, 5) is 14.2. The van der Waals surface area contributed by atoms with Gasteiger partial charge in [-0.25, -0.2) is 0 Å². The van der Waals surface area contributed by atoms with Crippen molar-refractivity contribution in [3.63, 3.8) is 0 Å². The molecule has 0 bridgehead atoms. The van der Waals surface area contributed by atoms with E-state index in [0.29, 0.717) is 13.1 Å². The summed E-state index contributed by atoms with van der Waals surface area (Å²) in [5, 5.41) is 3.01. The Labute approximate surface area is 112 Å². The van der Waals surface area contributed by atoms with Crippen LogP contribution in [0.1, 0.15) is 54.4 Å². The molecule has 0 aliphatic heterocycles. The van der Waals surface area contributed by atoms with Crippen molar-refractivity contribution in [1.82, 2.24) is 10.2 Å². The highest BCUT2D eigenvalue weighted by Crippen LogP contribution is 2.18. The molecule has 0 saturated carbocycles. The molecule has 3 N–H and O–H groups in total. The van der Waals surface area contributed by atoms with E-state index in [1.54, 1.807) is 0 Å². The highest BCUT2D eigenvalue weighted by atomic mass is 16.2. The predicted molar refractivity (Wildman–Crippen MR) is 77.5 cm³/mol. The van der Waals surface area contributed by atoms with E-state index in [-0.39, 0.29) is 17.0 Å². The molecule has 1 atom stereocenters. The van der Waals surface area contributed by atoms with E-state index in [9.17, 15) is 4.79 Å². The molecule has 0 heterocycles. The number of nitrogens with one attached hydrogen (secondary N) is 1. The average Bonchev–Trinajstić information content (AvgIpc) is 2.25. The molecule has 0 fully saturated rings. The number of carbonyl (C=O) groups is 1. The zero-order valence-electron chi connectivity index (χ0n) is 13.0. The minimum Gasteiger partial charge on any atom is -0.350 e. The van der Waals surface area contributed by atoms with Gasteiger partial charge in [0, 0.05) is 17.6 Å². The zero-order chi connectivity index (χ0) is 14.4. The molecule has 0 rings (SSSR count).